The zero-order valence-electron chi connectivity index (χ0n) is 10.6. The number of rotatable bonds is 2. The molecule has 2 fully saturated rings. The highest BCUT2D eigenvalue weighted by molar-refractivity contribution is 5.75. The lowest BCUT2D eigenvalue weighted by atomic mass is 9.59. The summed E-state index contributed by atoms with van der Waals surface area (Å²) in [5.74, 6) is 0.611. The van der Waals surface area contributed by atoms with E-state index in [4.69, 9.17) is 10.5 Å². The lowest BCUT2D eigenvalue weighted by Crippen LogP contribution is -2.58. The summed E-state index contributed by atoms with van der Waals surface area (Å²) in [7, 11) is 0. The quantitative estimate of drug-likeness (QED) is 0.748. The van der Waals surface area contributed by atoms with Gasteiger partial charge in [0.1, 0.15) is 0 Å². The van der Waals surface area contributed by atoms with Gasteiger partial charge in [-0.3, -0.25) is 0 Å². The van der Waals surface area contributed by atoms with E-state index in [1.54, 1.807) is 0 Å². The summed E-state index contributed by atoms with van der Waals surface area (Å²) in [6.07, 6.45) is 2.15. The van der Waals surface area contributed by atoms with E-state index in [-0.39, 0.29) is 11.1 Å². The van der Waals surface area contributed by atoms with Crippen molar-refractivity contribution < 1.29 is 4.74 Å². The van der Waals surface area contributed by atoms with Crippen LogP contribution in [0.4, 0.5) is 0 Å². The van der Waals surface area contributed by atoms with Crippen molar-refractivity contribution in [1.29, 1.82) is 0 Å². The average Bonchev–Trinajstić information content (AvgIpc) is 2.64. The van der Waals surface area contributed by atoms with E-state index in [9.17, 15) is 4.79 Å². The second-order valence-electron chi connectivity index (χ2n) is 5.92. The fraction of sp³-hybridized carbons (Fsp3) is 0.500. The van der Waals surface area contributed by atoms with Gasteiger partial charge in [0.15, 0.2) is 0 Å². The molecule has 1 saturated heterocycles. The molecule has 2 aliphatic rings. The first-order valence-electron chi connectivity index (χ1n) is 6.73. The molecular formula is C14H17N3O2. The Labute approximate surface area is 110 Å². The normalized spacial score (nSPS) is 28.9. The van der Waals surface area contributed by atoms with Crippen LogP contribution >= 0.6 is 0 Å². The first kappa shape index (κ1) is 11.3. The first-order chi connectivity index (χ1) is 9.17. The van der Waals surface area contributed by atoms with Crippen molar-refractivity contribution >= 4 is 11.0 Å². The highest BCUT2D eigenvalue weighted by Gasteiger charge is 2.51. The molecule has 0 amide bonds. The molecule has 5 heteroatoms. The molecule has 2 aromatic rings. The second kappa shape index (κ2) is 3.71. The van der Waals surface area contributed by atoms with Crippen LogP contribution in [0.3, 0.4) is 0 Å². The third-order valence-electron chi connectivity index (χ3n) is 4.77. The molecule has 4 rings (SSSR count). The van der Waals surface area contributed by atoms with Crippen molar-refractivity contribution in [3.8, 4) is 0 Å². The maximum atomic E-state index is 11.3. The Morgan fingerprint density at radius 3 is 2.58 bits per heavy atom. The number of H-pyrrole nitrogens is 2. The van der Waals surface area contributed by atoms with Crippen LogP contribution in [0.15, 0.2) is 23.0 Å². The molecule has 1 aromatic heterocycles. The van der Waals surface area contributed by atoms with E-state index in [0.717, 1.165) is 37.1 Å². The van der Waals surface area contributed by atoms with Crippen LogP contribution in [0.2, 0.25) is 0 Å². The second-order valence-corrected chi connectivity index (χ2v) is 5.92. The minimum atomic E-state index is -0.156. The molecule has 0 unspecified atom stereocenters. The Morgan fingerprint density at radius 2 is 1.95 bits per heavy atom. The van der Waals surface area contributed by atoms with Gasteiger partial charge in [-0.2, -0.15) is 0 Å². The molecule has 1 aliphatic carbocycles. The highest BCUT2D eigenvalue weighted by Crippen LogP contribution is 2.48. The molecule has 0 radical (unpaired) electrons. The summed E-state index contributed by atoms with van der Waals surface area (Å²) in [6.45, 7) is 1.54. The minimum Gasteiger partial charge on any atom is -0.379 e. The van der Waals surface area contributed by atoms with E-state index in [1.807, 2.05) is 6.07 Å². The molecular weight excluding hydrogens is 242 g/mol. The highest BCUT2D eigenvalue weighted by atomic mass is 16.5. The number of ether oxygens (including phenoxy) is 1. The zero-order chi connectivity index (χ0) is 13.0. The van der Waals surface area contributed by atoms with Crippen molar-refractivity contribution in [3.05, 3.63) is 34.2 Å². The first-order valence-corrected chi connectivity index (χ1v) is 6.73. The smallest absolute Gasteiger partial charge is 0.323 e. The Hall–Kier alpha value is -1.59. The number of aromatic nitrogens is 2. The Morgan fingerprint density at radius 1 is 1.21 bits per heavy atom. The predicted octanol–water partition coefficient (Wildman–Crippen LogP) is 0.861. The topological polar surface area (TPSA) is 83.9 Å². The number of benzene rings is 1. The van der Waals surface area contributed by atoms with Crippen LogP contribution in [0, 0.1) is 5.92 Å². The summed E-state index contributed by atoms with van der Waals surface area (Å²) in [6, 6.07) is 6.51. The van der Waals surface area contributed by atoms with Crippen molar-refractivity contribution in [1.82, 2.24) is 9.97 Å². The molecule has 2 heterocycles. The van der Waals surface area contributed by atoms with Crippen molar-refractivity contribution in [2.45, 2.75) is 24.3 Å². The zero-order valence-corrected chi connectivity index (χ0v) is 10.6. The number of nitrogens with one attached hydrogen (secondary N) is 2. The van der Waals surface area contributed by atoms with Crippen LogP contribution in [0.5, 0.6) is 0 Å². The molecule has 0 atom stereocenters. The molecule has 5 nitrogen and oxygen atoms in total. The van der Waals surface area contributed by atoms with Gasteiger partial charge in [-0.1, -0.05) is 6.07 Å². The van der Waals surface area contributed by atoms with E-state index in [1.165, 1.54) is 5.56 Å². The maximum Gasteiger partial charge on any atom is 0.323 e. The van der Waals surface area contributed by atoms with Gasteiger partial charge in [-0.15, -0.1) is 0 Å². The van der Waals surface area contributed by atoms with Crippen LogP contribution in [0.1, 0.15) is 18.4 Å². The Balaban J connectivity index is 1.77. The largest absolute Gasteiger partial charge is 0.379 e. The summed E-state index contributed by atoms with van der Waals surface area (Å²) < 4.78 is 5.48. The lowest BCUT2D eigenvalue weighted by Gasteiger charge is -2.53. The summed E-state index contributed by atoms with van der Waals surface area (Å²) >= 11 is 0. The van der Waals surface area contributed by atoms with E-state index >= 15 is 0 Å². The fourth-order valence-corrected chi connectivity index (χ4v) is 3.42. The summed E-state index contributed by atoms with van der Waals surface area (Å²) in [5.41, 5.74) is 8.87. The number of nitrogens with two attached hydrogens (primary N) is 1. The van der Waals surface area contributed by atoms with Gasteiger partial charge in [0.2, 0.25) is 0 Å². The third-order valence-corrected chi connectivity index (χ3v) is 4.77. The number of hydrogen-bond acceptors (Lipinski definition) is 3. The molecule has 19 heavy (non-hydrogen) atoms. The molecule has 0 spiro atoms. The molecule has 1 aromatic carbocycles. The van der Waals surface area contributed by atoms with Crippen LogP contribution in [0.25, 0.3) is 11.0 Å². The van der Waals surface area contributed by atoms with Gasteiger partial charge < -0.3 is 20.4 Å². The van der Waals surface area contributed by atoms with Crippen molar-refractivity contribution in [2.75, 3.05) is 13.2 Å². The van der Waals surface area contributed by atoms with Gasteiger partial charge in [-0.05, 0) is 36.5 Å². The molecule has 1 saturated carbocycles. The van der Waals surface area contributed by atoms with Gasteiger partial charge in [-0.25, -0.2) is 4.79 Å². The van der Waals surface area contributed by atoms with E-state index in [2.05, 4.69) is 22.1 Å². The lowest BCUT2D eigenvalue weighted by molar-refractivity contribution is -0.111. The van der Waals surface area contributed by atoms with Gasteiger partial charge in [0, 0.05) is 11.5 Å². The fourth-order valence-electron chi connectivity index (χ4n) is 3.42. The van der Waals surface area contributed by atoms with Crippen molar-refractivity contribution in [3.63, 3.8) is 0 Å². The Kier molecular flexibility index (Phi) is 2.20. The third kappa shape index (κ3) is 1.52. The number of fused-ring (bicyclic) bond motifs is 1. The maximum absolute atomic E-state index is 11.3. The number of hydrogen-bond donors (Lipinski definition) is 3. The van der Waals surface area contributed by atoms with Gasteiger partial charge in [0.05, 0.1) is 24.2 Å². The Bertz CT molecular complexity index is 677. The SMILES string of the molecule is NC1CC(C2(c3ccc4[nH]c(=O)[nH]c4c3)COC2)C1. The molecule has 100 valence electrons. The molecule has 0 bridgehead atoms. The summed E-state index contributed by atoms with van der Waals surface area (Å²) in [4.78, 5) is 16.9. The standard InChI is InChI=1S/C14H17N3O2/c15-10-3-9(4-10)14(6-19-7-14)8-1-2-11-12(5-8)17-13(18)16-11/h1-2,5,9-10H,3-4,6-7,15H2,(H2,16,17,18). The average molecular weight is 259 g/mol. The van der Waals surface area contributed by atoms with E-state index in [0.29, 0.717) is 12.0 Å². The number of aromatic amines is 2. The van der Waals surface area contributed by atoms with Crippen LogP contribution in [-0.4, -0.2) is 29.2 Å². The molecule has 4 N–H and O–H groups in total. The minimum absolute atomic E-state index is 0.109. The number of imidazole rings is 1. The van der Waals surface area contributed by atoms with E-state index < -0.39 is 0 Å². The summed E-state index contributed by atoms with van der Waals surface area (Å²) in [5, 5.41) is 0. The predicted molar refractivity (Wildman–Crippen MR) is 72.1 cm³/mol. The van der Waals surface area contributed by atoms with Crippen LogP contribution < -0.4 is 11.4 Å². The van der Waals surface area contributed by atoms with Crippen LogP contribution in [-0.2, 0) is 10.2 Å². The van der Waals surface area contributed by atoms with Gasteiger partial charge in [0.25, 0.3) is 0 Å². The van der Waals surface area contributed by atoms with Gasteiger partial charge >= 0.3 is 5.69 Å². The molecule has 1 aliphatic heterocycles. The van der Waals surface area contributed by atoms with Crippen molar-refractivity contribution in [2.24, 2.45) is 11.7 Å². The monoisotopic (exact) mass is 259 g/mol.